The Kier molecular flexibility index (Phi) is 3.99. The molecule has 10 heavy (non-hydrogen) atoms. The highest BCUT2D eigenvalue weighted by Gasteiger charge is 2.05. The molecule has 0 amide bonds. The number of aliphatic hydroxyl groups excluding tert-OH is 1. The summed E-state index contributed by atoms with van der Waals surface area (Å²) in [6.45, 7) is 2.00. The molecule has 2 N–H and O–H groups in total. The van der Waals surface area contributed by atoms with Crippen molar-refractivity contribution in [2.45, 2.75) is 13.0 Å². The van der Waals surface area contributed by atoms with E-state index in [1.54, 1.807) is 18.9 Å². The number of hydrogen-bond acceptors (Lipinski definition) is 3. The van der Waals surface area contributed by atoms with Crippen molar-refractivity contribution in [3.63, 3.8) is 0 Å². The number of hydrogen-bond donors (Lipinski definition) is 2. The molecule has 4 nitrogen and oxygen atoms in total. The van der Waals surface area contributed by atoms with Gasteiger partial charge < -0.3 is 10.2 Å². The quantitative estimate of drug-likeness (QED) is 0.556. The second kappa shape index (κ2) is 4.24. The van der Waals surface area contributed by atoms with E-state index < -0.39 is 12.1 Å². The third-order valence-corrected chi connectivity index (χ3v) is 0.981. The first-order chi connectivity index (χ1) is 4.52. The summed E-state index contributed by atoms with van der Waals surface area (Å²) in [5.41, 5.74) is 0. The summed E-state index contributed by atoms with van der Waals surface area (Å²) >= 11 is 0. The van der Waals surface area contributed by atoms with Crippen LogP contribution in [0.2, 0.25) is 0 Å². The lowest BCUT2D eigenvalue weighted by Crippen LogP contribution is -2.31. The summed E-state index contributed by atoms with van der Waals surface area (Å²) in [6, 6.07) is 0. The molecule has 1 unspecified atom stereocenters. The molecule has 0 spiro atoms. The van der Waals surface area contributed by atoms with Crippen molar-refractivity contribution in [3.8, 4) is 0 Å². The molecule has 0 aromatic rings. The molecule has 1 atom stereocenters. The Morgan fingerprint density at radius 1 is 1.70 bits per heavy atom. The van der Waals surface area contributed by atoms with Gasteiger partial charge in [-0.05, 0) is 14.0 Å². The molecule has 0 aromatic heterocycles. The van der Waals surface area contributed by atoms with E-state index in [0.717, 1.165) is 0 Å². The third kappa shape index (κ3) is 5.53. The fourth-order valence-corrected chi connectivity index (χ4v) is 0.747. The Hall–Kier alpha value is -0.610. The van der Waals surface area contributed by atoms with Crippen LogP contribution in [0.15, 0.2) is 0 Å². The van der Waals surface area contributed by atoms with E-state index in [9.17, 15) is 4.79 Å². The summed E-state index contributed by atoms with van der Waals surface area (Å²) in [7, 11) is 1.65. The maximum atomic E-state index is 10.1. The zero-order valence-electron chi connectivity index (χ0n) is 6.24. The van der Waals surface area contributed by atoms with Crippen LogP contribution < -0.4 is 0 Å². The summed E-state index contributed by atoms with van der Waals surface area (Å²) < 4.78 is 0. The van der Waals surface area contributed by atoms with E-state index in [2.05, 4.69) is 0 Å². The van der Waals surface area contributed by atoms with E-state index in [1.165, 1.54) is 0 Å². The van der Waals surface area contributed by atoms with E-state index in [1.807, 2.05) is 0 Å². The predicted octanol–water partition coefficient (Wildman–Crippen LogP) is -0.616. The fourth-order valence-electron chi connectivity index (χ4n) is 0.747. The minimum atomic E-state index is -0.872. The molecule has 60 valence electrons. The number of carbonyl (C=O) groups is 1. The summed E-state index contributed by atoms with van der Waals surface area (Å²) in [5, 5.41) is 17.1. The first-order valence-electron chi connectivity index (χ1n) is 3.10. The van der Waals surface area contributed by atoms with Crippen LogP contribution in [0.1, 0.15) is 6.92 Å². The highest BCUT2D eigenvalue weighted by atomic mass is 16.4. The van der Waals surface area contributed by atoms with Gasteiger partial charge in [0.1, 0.15) is 0 Å². The Labute approximate surface area is 60.1 Å². The molecule has 0 saturated heterocycles. The molecule has 0 rings (SSSR count). The lowest BCUT2D eigenvalue weighted by atomic mass is 10.4. The van der Waals surface area contributed by atoms with Crippen molar-refractivity contribution in [1.29, 1.82) is 0 Å². The van der Waals surface area contributed by atoms with Gasteiger partial charge in [0.15, 0.2) is 0 Å². The summed E-state index contributed by atoms with van der Waals surface area (Å²) in [4.78, 5) is 11.6. The molecule has 0 aromatic carbocycles. The largest absolute Gasteiger partial charge is 0.480 e. The summed E-state index contributed by atoms with van der Waals surface area (Å²) in [6.07, 6.45) is -0.468. The number of rotatable bonds is 4. The molecule has 0 aliphatic rings. The molecule has 0 radical (unpaired) electrons. The Balaban J connectivity index is 3.43. The van der Waals surface area contributed by atoms with Crippen molar-refractivity contribution in [3.05, 3.63) is 0 Å². The van der Waals surface area contributed by atoms with Crippen LogP contribution in [-0.2, 0) is 4.79 Å². The Bertz CT molecular complexity index is 114. The van der Waals surface area contributed by atoms with Crippen molar-refractivity contribution < 1.29 is 15.0 Å². The molecular weight excluding hydrogens is 134 g/mol. The maximum absolute atomic E-state index is 10.1. The molecule has 0 fully saturated rings. The van der Waals surface area contributed by atoms with Crippen LogP contribution in [-0.4, -0.2) is 47.3 Å². The number of carboxylic acids is 1. The van der Waals surface area contributed by atoms with Crippen molar-refractivity contribution in [1.82, 2.24) is 4.90 Å². The van der Waals surface area contributed by atoms with Gasteiger partial charge in [0.05, 0.1) is 12.6 Å². The van der Waals surface area contributed by atoms with Crippen molar-refractivity contribution in [2.75, 3.05) is 20.1 Å². The van der Waals surface area contributed by atoms with Gasteiger partial charge in [0, 0.05) is 6.54 Å². The highest BCUT2D eigenvalue weighted by molar-refractivity contribution is 5.68. The second-order valence-corrected chi connectivity index (χ2v) is 2.44. The number of aliphatic hydroxyl groups is 1. The van der Waals surface area contributed by atoms with Gasteiger partial charge >= 0.3 is 5.97 Å². The van der Waals surface area contributed by atoms with E-state index in [0.29, 0.717) is 6.54 Å². The van der Waals surface area contributed by atoms with Gasteiger partial charge in [0.25, 0.3) is 0 Å². The van der Waals surface area contributed by atoms with Crippen molar-refractivity contribution >= 4 is 5.97 Å². The standard InChI is InChI=1S/C6H13NO3/c1-5(8)3-7(2)4-6(9)10/h5,8H,3-4H2,1-2H3,(H,9,10). The Morgan fingerprint density at radius 3 is 2.50 bits per heavy atom. The fraction of sp³-hybridized carbons (Fsp3) is 0.833. The monoisotopic (exact) mass is 147 g/mol. The summed E-state index contributed by atoms with van der Waals surface area (Å²) in [5.74, 6) is -0.872. The van der Waals surface area contributed by atoms with Crippen LogP contribution >= 0.6 is 0 Å². The maximum Gasteiger partial charge on any atom is 0.317 e. The highest BCUT2D eigenvalue weighted by Crippen LogP contribution is 1.86. The zero-order chi connectivity index (χ0) is 8.15. The average Bonchev–Trinajstić information content (AvgIpc) is 1.58. The SMILES string of the molecule is CC(O)CN(C)CC(=O)O. The average molecular weight is 147 g/mol. The number of nitrogens with zero attached hydrogens (tertiary/aromatic N) is 1. The molecule has 0 bridgehead atoms. The van der Waals surface area contributed by atoms with Crippen molar-refractivity contribution in [2.24, 2.45) is 0 Å². The topological polar surface area (TPSA) is 60.8 Å². The van der Waals surface area contributed by atoms with Gasteiger partial charge in [-0.1, -0.05) is 0 Å². The molecule has 0 aliphatic heterocycles. The van der Waals surface area contributed by atoms with Gasteiger partial charge in [0.2, 0.25) is 0 Å². The molecular formula is C6H13NO3. The molecule has 0 aliphatic carbocycles. The van der Waals surface area contributed by atoms with Gasteiger partial charge in [-0.2, -0.15) is 0 Å². The second-order valence-electron chi connectivity index (χ2n) is 2.44. The smallest absolute Gasteiger partial charge is 0.317 e. The van der Waals surface area contributed by atoms with Crippen LogP contribution in [0, 0.1) is 0 Å². The zero-order valence-corrected chi connectivity index (χ0v) is 6.24. The predicted molar refractivity (Wildman–Crippen MR) is 36.8 cm³/mol. The Morgan fingerprint density at radius 2 is 2.20 bits per heavy atom. The van der Waals surface area contributed by atoms with E-state index >= 15 is 0 Å². The van der Waals surface area contributed by atoms with Crippen LogP contribution in [0.4, 0.5) is 0 Å². The van der Waals surface area contributed by atoms with E-state index in [4.69, 9.17) is 10.2 Å². The number of aliphatic carboxylic acids is 1. The van der Waals surface area contributed by atoms with Crippen LogP contribution in [0.3, 0.4) is 0 Å². The lowest BCUT2D eigenvalue weighted by molar-refractivity contribution is -0.138. The molecule has 0 heterocycles. The van der Waals surface area contributed by atoms with Gasteiger partial charge in [-0.25, -0.2) is 0 Å². The third-order valence-electron chi connectivity index (χ3n) is 0.981. The minimum Gasteiger partial charge on any atom is -0.480 e. The first-order valence-corrected chi connectivity index (χ1v) is 3.10. The number of likely N-dealkylation sites (N-methyl/N-ethyl adjacent to an activating group) is 1. The lowest BCUT2D eigenvalue weighted by Gasteiger charge is -2.14. The van der Waals surface area contributed by atoms with Gasteiger partial charge in [-0.3, -0.25) is 9.69 Å². The first kappa shape index (κ1) is 9.39. The molecule has 0 saturated carbocycles. The van der Waals surface area contributed by atoms with Crippen LogP contribution in [0.25, 0.3) is 0 Å². The normalized spacial score (nSPS) is 13.6. The van der Waals surface area contributed by atoms with Gasteiger partial charge in [-0.15, -0.1) is 0 Å². The van der Waals surface area contributed by atoms with Crippen LogP contribution in [0.5, 0.6) is 0 Å². The minimum absolute atomic E-state index is 0.0229. The van der Waals surface area contributed by atoms with E-state index in [-0.39, 0.29) is 6.54 Å². The molecule has 4 heteroatoms. The number of carboxylic acid groups (broad SMARTS) is 1.